The zero-order valence-electron chi connectivity index (χ0n) is 10.4. The number of benzene rings is 1. The van der Waals surface area contributed by atoms with E-state index in [0.29, 0.717) is 5.69 Å². The van der Waals surface area contributed by atoms with Gasteiger partial charge in [-0.2, -0.15) is 18.3 Å². The molecule has 2 aromatic rings. The van der Waals surface area contributed by atoms with E-state index >= 15 is 0 Å². The molecular weight excluding hydrogens is 255 g/mol. The van der Waals surface area contributed by atoms with Crippen molar-refractivity contribution in [2.75, 3.05) is 0 Å². The lowest BCUT2D eigenvalue weighted by molar-refractivity contribution is -0.138. The van der Waals surface area contributed by atoms with Gasteiger partial charge >= 0.3 is 6.18 Å². The van der Waals surface area contributed by atoms with Gasteiger partial charge in [-0.1, -0.05) is 6.07 Å². The zero-order chi connectivity index (χ0) is 14.0. The number of nitrogens with two attached hydrogens (primary N) is 1. The third kappa shape index (κ3) is 3.14. The summed E-state index contributed by atoms with van der Waals surface area (Å²) in [6, 6.07) is 5.51. The number of halogens is 3. The van der Waals surface area contributed by atoms with Crippen LogP contribution in [0, 0.1) is 0 Å². The second-order valence-electron chi connectivity index (χ2n) is 4.47. The van der Waals surface area contributed by atoms with Gasteiger partial charge in [0.1, 0.15) is 0 Å². The van der Waals surface area contributed by atoms with E-state index in [2.05, 4.69) is 5.10 Å². The predicted octanol–water partition coefficient (Wildman–Crippen LogP) is 2.78. The van der Waals surface area contributed by atoms with E-state index in [1.807, 2.05) is 0 Å². The molecule has 0 spiro atoms. The highest BCUT2D eigenvalue weighted by Gasteiger charge is 2.33. The molecule has 19 heavy (non-hydrogen) atoms. The highest BCUT2D eigenvalue weighted by atomic mass is 19.4. The Morgan fingerprint density at radius 3 is 2.63 bits per heavy atom. The lowest BCUT2D eigenvalue weighted by Crippen LogP contribution is -2.21. The summed E-state index contributed by atoms with van der Waals surface area (Å²) < 4.78 is 40.5. The van der Waals surface area contributed by atoms with Crippen LogP contribution in [0.1, 0.15) is 18.1 Å². The SMILES string of the molecule is CC(N)Cc1ccc(-n2cccn2)cc1C(F)(F)F. The molecular formula is C13H14F3N3. The van der Waals surface area contributed by atoms with Crippen LogP contribution in [0.25, 0.3) is 5.69 Å². The summed E-state index contributed by atoms with van der Waals surface area (Å²) in [6.07, 6.45) is -1.09. The van der Waals surface area contributed by atoms with Gasteiger partial charge in [0.25, 0.3) is 0 Å². The molecule has 0 aliphatic heterocycles. The van der Waals surface area contributed by atoms with Crippen molar-refractivity contribution in [1.29, 1.82) is 0 Å². The third-order valence-corrected chi connectivity index (χ3v) is 2.71. The molecule has 0 radical (unpaired) electrons. The normalized spacial score (nSPS) is 13.5. The summed E-state index contributed by atoms with van der Waals surface area (Å²) >= 11 is 0. The van der Waals surface area contributed by atoms with Gasteiger partial charge in [0.05, 0.1) is 11.3 Å². The van der Waals surface area contributed by atoms with Gasteiger partial charge in [-0.25, -0.2) is 4.68 Å². The lowest BCUT2D eigenvalue weighted by Gasteiger charge is -2.16. The third-order valence-electron chi connectivity index (χ3n) is 2.71. The Bertz CT molecular complexity index is 545. The van der Waals surface area contributed by atoms with E-state index in [1.54, 1.807) is 25.3 Å². The summed E-state index contributed by atoms with van der Waals surface area (Å²) in [5, 5.41) is 3.92. The maximum atomic E-state index is 13.0. The van der Waals surface area contributed by atoms with Gasteiger partial charge in [-0.3, -0.25) is 0 Å². The smallest absolute Gasteiger partial charge is 0.328 e. The van der Waals surface area contributed by atoms with Crippen LogP contribution < -0.4 is 5.73 Å². The Kier molecular flexibility index (Phi) is 3.61. The lowest BCUT2D eigenvalue weighted by atomic mass is 10.00. The molecule has 1 aromatic carbocycles. The quantitative estimate of drug-likeness (QED) is 0.931. The van der Waals surface area contributed by atoms with Crippen molar-refractivity contribution in [2.45, 2.75) is 25.6 Å². The average molecular weight is 269 g/mol. The molecule has 0 saturated heterocycles. The van der Waals surface area contributed by atoms with E-state index < -0.39 is 11.7 Å². The maximum absolute atomic E-state index is 13.0. The van der Waals surface area contributed by atoms with E-state index in [9.17, 15) is 13.2 Å². The first kappa shape index (κ1) is 13.6. The number of alkyl halides is 3. The minimum atomic E-state index is -4.40. The number of nitrogens with zero attached hydrogens (tertiary/aromatic N) is 2. The van der Waals surface area contributed by atoms with E-state index in [-0.39, 0.29) is 18.0 Å². The molecule has 2 N–H and O–H groups in total. The van der Waals surface area contributed by atoms with Gasteiger partial charge in [0.15, 0.2) is 0 Å². The Morgan fingerprint density at radius 2 is 2.11 bits per heavy atom. The first-order chi connectivity index (χ1) is 8.88. The summed E-state index contributed by atoms with van der Waals surface area (Å²) in [7, 11) is 0. The predicted molar refractivity (Wildman–Crippen MR) is 65.9 cm³/mol. The van der Waals surface area contributed by atoms with Crippen molar-refractivity contribution in [1.82, 2.24) is 9.78 Å². The van der Waals surface area contributed by atoms with Crippen molar-refractivity contribution in [2.24, 2.45) is 5.73 Å². The number of hydrogen-bond acceptors (Lipinski definition) is 2. The largest absolute Gasteiger partial charge is 0.416 e. The standard InChI is InChI=1S/C13H14F3N3/c1-9(17)7-10-3-4-11(19-6-2-5-18-19)8-12(10)13(14,15)16/h2-6,8-9H,7,17H2,1H3. The molecule has 6 heteroatoms. The molecule has 0 bridgehead atoms. The summed E-state index contributed by atoms with van der Waals surface area (Å²) in [5.41, 5.74) is 5.52. The van der Waals surface area contributed by atoms with Crippen LogP contribution in [0.3, 0.4) is 0 Å². The minimum absolute atomic E-state index is 0.189. The molecule has 1 aromatic heterocycles. The fourth-order valence-corrected chi connectivity index (χ4v) is 1.92. The van der Waals surface area contributed by atoms with Crippen molar-refractivity contribution in [3.63, 3.8) is 0 Å². The molecule has 3 nitrogen and oxygen atoms in total. The molecule has 1 unspecified atom stereocenters. The van der Waals surface area contributed by atoms with Gasteiger partial charge in [0.2, 0.25) is 0 Å². The molecule has 0 aliphatic carbocycles. The van der Waals surface area contributed by atoms with Crippen LogP contribution in [0.5, 0.6) is 0 Å². The molecule has 0 amide bonds. The van der Waals surface area contributed by atoms with Crippen molar-refractivity contribution >= 4 is 0 Å². The van der Waals surface area contributed by atoms with E-state index in [1.165, 1.54) is 16.9 Å². The van der Waals surface area contributed by atoms with Gasteiger partial charge < -0.3 is 5.73 Å². The number of rotatable bonds is 3. The fourth-order valence-electron chi connectivity index (χ4n) is 1.92. The number of hydrogen-bond donors (Lipinski definition) is 1. The van der Waals surface area contributed by atoms with Crippen LogP contribution >= 0.6 is 0 Å². The summed E-state index contributed by atoms with van der Waals surface area (Å²) in [4.78, 5) is 0. The Morgan fingerprint density at radius 1 is 1.37 bits per heavy atom. The van der Waals surface area contributed by atoms with Crippen LogP contribution in [0.2, 0.25) is 0 Å². The summed E-state index contributed by atoms with van der Waals surface area (Å²) in [5.74, 6) is 0. The average Bonchev–Trinajstić information content (AvgIpc) is 2.80. The first-order valence-electron chi connectivity index (χ1n) is 5.83. The Hall–Kier alpha value is -1.82. The molecule has 2 rings (SSSR count). The van der Waals surface area contributed by atoms with Crippen molar-refractivity contribution < 1.29 is 13.2 Å². The van der Waals surface area contributed by atoms with Crippen molar-refractivity contribution in [3.8, 4) is 5.69 Å². The van der Waals surface area contributed by atoms with Crippen LogP contribution in [-0.2, 0) is 12.6 Å². The second-order valence-corrected chi connectivity index (χ2v) is 4.47. The molecule has 0 fully saturated rings. The molecule has 1 atom stereocenters. The molecule has 0 saturated carbocycles. The number of aromatic nitrogens is 2. The highest BCUT2D eigenvalue weighted by molar-refractivity contribution is 5.42. The monoisotopic (exact) mass is 269 g/mol. The van der Waals surface area contributed by atoms with Gasteiger partial charge in [-0.15, -0.1) is 0 Å². The Balaban J connectivity index is 2.48. The fraction of sp³-hybridized carbons (Fsp3) is 0.308. The molecule has 0 aliphatic rings. The maximum Gasteiger partial charge on any atom is 0.416 e. The topological polar surface area (TPSA) is 43.8 Å². The molecule has 1 heterocycles. The van der Waals surface area contributed by atoms with Gasteiger partial charge in [-0.05, 0) is 37.1 Å². The zero-order valence-corrected chi connectivity index (χ0v) is 10.4. The van der Waals surface area contributed by atoms with Crippen LogP contribution in [-0.4, -0.2) is 15.8 Å². The minimum Gasteiger partial charge on any atom is -0.328 e. The first-order valence-corrected chi connectivity index (χ1v) is 5.83. The van der Waals surface area contributed by atoms with Crippen LogP contribution in [0.15, 0.2) is 36.7 Å². The molecule has 102 valence electrons. The van der Waals surface area contributed by atoms with Crippen LogP contribution in [0.4, 0.5) is 13.2 Å². The summed E-state index contributed by atoms with van der Waals surface area (Å²) in [6.45, 7) is 1.68. The second kappa shape index (κ2) is 5.05. The Labute approximate surface area is 108 Å². The van der Waals surface area contributed by atoms with E-state index in [0.717, 1.165) is 6.07 Å². The van der Waals surface area contributed by atoms with E-state index in [4.69, 9.17) is 5.73 Å². The van der Waals surface area contributed by atoms with Crippen molar-refractivity contribution in [3.05, 3.63) is 47.8 Å². The van der Waals surface area contributed by atoms with Gasteiger partial charge in [0, 0.05) is 18.4 Å². The highest BCUT2D eigenvalue weighted by Crippen LogP contribution is 2.33.